The molecule has 1 N–H and O–H groups in total. The summed E-state index contributed by atoms with van der Waals surface area (Å²) in [6, 6.07) is 18.8. The van der Waals surface area contributed by atoms with Gasteiger partial charge in [0.2, 0.25) is 0 Å². The fraction of sp³-hybridized carbons (Fsp3) is 0.120. The van der Waals surface area contributed by atoms with Gasteiger partial charge in [0.1, 0.15) is 4.90 Å². The third-order valence-electron chi connectivity index (χ3n) is 4.91. The number of rotatable bonds is 6. The van der Waals surface area contributed by atoms with E-state index in [1.165, 1.54) is 37.1 Å². The maximum absolute atomic E-state index is 12.6. The summed E-state index contributed by atoms with van der Waals surface area (Å²) in [5.41, 5.74) is 3.45. The summed E-state index contributed by atoms with van der Waals surface area (Å²) in [6.07, 6.45) is 1.68. The number of aryl methyl sites for hydroxylation is 2. The van der Waals surface area contributed by atoms with Crippen LogP contribution in [-0.4, -0.2) is 26.6 Å². The van der Waals surface area contributed by atoms with Crippen LogP contribution in [0.3, 0.4) is 0 Å². The zero-order chi connectivity index (χ0) is 24.3. The van der Waals surface area contributed by atoms with Gasteiger partial charge in [-0.2, -0.15) is 8.42 Å². The number of amides is 1. The summed E-state index contributed by atoms with van der Waals surface area (Å²) in [5, 5.41) is 3.23. The summed E-state index contributed by atoms with van der Waals surface area (Å²) in [5.74, 6) is 0.00876. The Bertz CT molecular complexity index is 1390. The SMILES string of the molecule is COc1cc(C=C2SC(=Nc3ccc(C)cc3)NC2=O)ccc1OS(=O)(=O)c1ccc(C)cc1. The van der Waals surface area contributed by atoms with E-state index in [4.69, 9.17) is 8.92 Å². The average Bonchev–Trinajstić information content (AvgIpc) is 3.14. The van der Waals surface area contributed by atoms with Crippen LogP contribution in [0.2, 0.25) is 0 Å². The fourth-order valence-electron chi connectivity index (χ4n) is 3.08. The highest BCUT2D eigenvalue weighted by atomic mass is 32.2. The van der Waals surface area contributed by atoms with Crippen LogP contribution in [0.1, 0.15) is 16.7 Å². The predicted octanol–water partition coefficient (Wildman–Crippen LogP) is 4.97. The summed E-state index contributed by atoms with van der Waals surface area (Å²) in [6.45, 7) is 3.86. The maximum Gasteiger partial charge on any atom is 0.339 e. The van der Waals surface area contributed by atoms with Gasteiger partial charge in [0.25, 0.3) is 5.91 Å². The van der Waals surface area contributed by atoms with Gasteiger partial charge >= 0.3 is 10.1 Å². The van der Waals surface area contributed by atoms with Crippen LogP contribution in [0, 0.1) is 13.8 Å². The smallest absolute Gasteiger partial charge is 0.339 e. The molecular formula is C25H22N2O5S2. The molecule has 9 heteroatoms. The van der Waals surface area contributed by atoms with Crippen molar-refractivity contribution in [3.63, 3.8) is 0 Å². The van der Waals surface area contributed by atoms with Crippen molar-refractivity contribution in [1.29, 1.82) is 0 Å². The highest BCUT2D eigenvalue weighted by Gasteiger charge is 2.24. The number of hydrogen-bond acceptors (Lipinski definition) is 7. The van der Waals surface area contributed by atoms with E-state index >= 15 is 0 Å². The number of ether oxygens (including phenoxy) is 1. The maximum atomic E-state index is 12.6. The van der Waals surface area contributed by atoms with E-state index < -0.39 is 10.1 Å². The first-order chi connectivity index (χ1) is 16.2. The van der Waals surface area contributed by atoms with Crippen LogP contribution >= 0.6 is 11.8 Å². The van der Waals surface area contributed by atoms with Gasteiger partial charge in [-0.25, -0.2) is 4.99 Å². The van der Waals surface area contributed by atoms with E-state index in [-0.39, 0.29) is 22.3 Å². The molecule has 3 aromatic carbocycles. The molecule has 1 aliphatic heterocycles. The van der Waals surface area contributed by atoms with E-state index in [1.54, 1.807) is 30.3 Å². The lowest BCUT2D eigenvalue weighted by molar-refractivity contribution is -0.115. The molecule has 0 spiro atoms. The van der Waals surface area contributed by atoms with Crippen LogP contribution in [0.25, 0.3) is 6.08 Å². The largest absolute Gasteiger partial charge is 0.493 e. The normalized spacial score (nSPS) is 16.0. The molecule has 4 rings (SSSR count). The van der Waals surface area contributed by atoms with Crippen molar-refractivity contribution in [1.82, 2.24) is 5.32 Å². The van der Waals surface area contributed by atoms with Gasteiger partial charge in [0.15, 0.2) is 16.7 Å². The van der Waals surface area contributed by atoms with Crippen molar-refractivity contribution in [2.24, 2.45) is 4.99 Å². The Kier molecular flexibility index (Phi) is 6.76. The van der Waals surface area contributed by atoms with Crippen molar-refractivity contribution in [3.05, 3.63) is 88.3 Å². The van der Waals surface area contributed by atoms with E-state index in [9.17, 15) is 13.2 Å². The number of nitrogens with zero attached hydrogens (tertiary/aromatic N) is 1. The lowest BCUT2D eigenvalue weighted by Gasteiger charge is -2.11. The zero-order valence-electron chi connectivity index (χ0n) is 18.7. The van der Waals surface area contributed by atoms with Gasteiger partial charge < -0.3 is 14.2 Å². The molecular weight excluding hydrogens is 472 g/mol. The van der Waals surface area contributed by atoms with Crippen LogP contribution in [0.4, 0.5) is 5.69 Å². The molecule has 1 fully saturated rings. The highest BCUT2D eigenvalue weighted by molar-refractivity contribution is 8.18. The molecule has 7 nitrogen and oxygen atoms in total. The molecule has 0 saturated carbocycles. The Morgan fingerprint density at radius 1 is 0.912 bits per heavy atom. The van der Waals surface area contributed by atoms with Gasteiger partial charge in [-0.3, -0.25) is 4.79 Å². The zero-order valence-corrected chi connectivity index (χ0v) is 20.4. The molecule has 1 saturated heterocycles. The van der Waals surface area contributed by atoms with Crippen LogP contribution in [0.5, 0.6) is 11.5 Å². The number of benzene rings is 3. The molecule has 34 heavy (non-hydrogen) atoms. The third-order valence-corrected chi connectivity index (χ3v) is 7.07. The Labute approximate surface area is 202 Å². The highest BCUT2D eigenvalue weighted by Crippen LogP contribution is 2.33. The van der Waals surface area contributed by atoms with Gasteiger partial charge in [-0.05, 0) is 73.6 Å². The predicted molar refractivity (Wildman–Crippen MR) is 134 cm³/mol. The minimum absolute atomic E-state index is 0.0470. The second kappa shape index (κ2) is 9.74. The molecule has 0 aromatic heterocycles. The molecule has 1 heterocycles. The molecule has 174 valence electrons. The van der Waals surface area contributed by atoms with Crippen molar-refractivity contribution in [2.75, 3.05) is 7.11 Å². The number of hydrogen-bond donors (Lipinski definition) is 1. The summed E-state index contributed by atoms with van der Waals surface area (Å²) >= 11 is 1.22. The molecule has 1 amide bonds. The molecule has 0 aliphatic carbocycles. The molecule has 1 aliphatic rings. The van der Waals surface area contributed by atoms with Crippen LogP contribution in [-0.2, 0) is 14.9 Å². The first-order valence-electron chi connectivity index (χ1n) is 10.3. The minimum atomic E-state index is -4.03. The van der Waals surface area contributed by atoms with E-state index in [0.29, 0.717) is 15.6 Å². The average molecular weight is 495 g/mol. The van der Waals surface area contributed by atoms with Crippen molar-refractivity contribution in [3.8, 4) is 11.5 Å². The van der Waals surface area contributed by atoms with Crippen molar-refractivity contribution in [2.45, 2.75) is 18.7 Å². The lowest BCUT2D eigenvalue weighted by Crippen LogP contribution is -2.19. The van der Waals surface area contributed by atoms with Crippen LogP contribution in [0.15, 0.2) is 81.5 Å². The van der Waals surface area contributed by atoms with Gasteiger partial charge in [-0.15, -0.1) is 0 Å². The van der Waals surface area contributed by atoms with Gasteiger partial charge in [0, 0.05) is 0 Å². The summed E-state index contributed by atoms with van der Waals surface area (Å²) in [7, 11) is -2.61. The third kappa shape index (κ3) is 5.49. The molecule has 0 radical (unpaired) electrons. The molecule has 3 aromatic rings. The number of aliphatic imine (C=N–C) groups is 1. The second-order valence-corrected chi connectivity index (χ2v) is 10.2. The number of amidine groups is 1. The van der Waals surface area contributed by atoms with Crippen molar-refractivity contribution < 1.29 is 22.1 Å². The Hall–Kier alpha value is -3.56. The topological polar surface area (TPSA) is 94.1 Å². The van der Waals surface area contributed by atoms with E-state index in [1.807, 2.05) is 38.1 Å². The number of nitrogens with one attached hydrogen (secondary N) is 1. The lowest BCUT2D eigenvalue weighted by atomic mass is 10.2. The first kappa shape index (κ1) is 23.6. The first-order valence-corrected chi connectivity index (χ1v) is 12.5. The number of carbonyl (C=O) groups excluding carboxylic acids is 1. The summed E-state index contributed by atoms with van der Waals surface area (Å²) < 4.78 is 35.9. The Morgan fingerprint density at radius 3 is 2.21 bits per heavy atom. The Balaban J connectivity index is 1.55. The number of methoxy groups -OCH3 is 1. The molecule has 0 bridgehead atoms. The molecule has 0 atom stereocenters. The van der Waals surface area contributed by atoms with Crippen LogP contribution < -0.4 is 14.2 Å². The monoisotopic (exact) mass is 494 g/mol. The second-order valence-electron chi connectivity index (χ2n) is 7.58. The van der Waals surface area contributed by atoms with Crippen molar-refractivity contribution >= 4 is 44.7 Å². The number of thioether (sulfide) groups is 1. The Morgan fingerprint density at radius 2 is 1.56 bits per heavy atom. The standard InChI is InChI=1S/C25H22N2O5S2/c1-16-4-9-19(10-5-16)26-25-27-24(28)23(33-25)15-18-8-13-21(22(14-18)31-3)32-34(29,30)20-11-6-17(2)7-12-20/h4-15H,1-3H3,(H,26,27,28). The quantitative estimate of drug-likeness (QED) is 0.384. The van der Waals surface area contributed by atoms with Gasteiger partial charge in [0.05, 0.1) is 17.7 Å². The van der Waals surface area contributed by atoms with E-state index in [0.717, 1.165) is 16.8 Å². The fourth-order valence-corrected chi connectivity index (χ4v) is 4.86. The minimum Gasteiger partial charge on any atom is -0.493 e. The number of carbonyl (C=O) groups is 1. The van der Waals surface area contributed by atoms with E-state index in [2.05, 4.69) is 10.3 Å². The van der Waals surface area contributed by atoms with Gasteiger partial charge in [-0.1, -0.05) is 41.5 Å². The summed E-state index contributed by atoms with van der Waals surface area (Å²) in [4.78, 5) is 17.4. The molecule has 0 unspecified atom stereocenters.